The third-order valence-electron chi connectivity index (χ3n) is 4.28. The van der Waals surface area contributed by atoms with Gasteiger partial charge in [0.05, 0.1) is 24.9 Å². The van der Waals surface area contributed by atoms with Crippen LogP contribution in [0.4, 0.5) is 0 Å². The smallest absolute Gasteiger partial charge is 0.339 e. The first-order valence-electron chi connectivity index (χ1n) is 9.28. The van der Waals surface area contributed by atoms with Crippen LogP contribution in [0.2, 0.25) is 5.02 Å². The van der Waals surface area contributed by atoms with Crippen LogP contribution >= 0.6 is 27.5 Å². The number of hydrogen-bond donors (Lipinski definition) is 1. The SMILES string of the molecule is COc1ccc(C(=O)N/N=C/c2ccc(OS(=O)(=O)c3ccc(Cl)cc3)c(Br)c2)cc1OC. The summed E-state index contributed by atoms with van der Waals surface area (Å²) in [6.45, 7) is 0. The molecule has 0 unspecified atom stereocenters. The van der Waals surface area contributed by atoms with Gasteiger partial charge < -0.3 is 13.7 Å². The van der Waals surface area contributed by atoms with Crippen molar-refractivity contribution in [3.63, 3.8) is 0 Å². The molecule has 11 heteroatoms. The number of methoxy groups -OCH3 is 2. The predicted molar refractivity (Wildman–Crippen MR) is 128 cm³/mol. The van der Waals surface area contributed by atoms with Gasteiger partial charge in [-0.05, 0) is 82.2 Å². The highest BCUT2D eigenvalue weighted by Crippen LogP contribution is 2.29. The highest BCUT2D eigenvalue weighted by Gasteiger charge is 2.18. The van der Waals surface area contributed by atoms with E-state index in [0.29, 0.717) is 32.1 Å². The fraction of sp³-hybridized carbons (Fsp3) is 0.0909. The zero-order valence-corrected chi connectivity index (χ0v) is 20.6. The van der Waals surface area contributed by atoms with Crippen molar-refractivity contribution in [2.24, 2.45) is 5.10 Å². The molecule has 0 saturated carbocycles. The highest BCUT2D eigenvalue weighted by atomic mass is 79.9. The molecule has 0 aliphatic carbocycles. The first kappa shape index (κ1) is 24.6. The van der Waals surface area contributed by atoms with E-state index in [0.717, 1.165) is 0 Å². The topological polar surface area (TPSA) is 103 Å². The van der Waals surface area contributed by atoms with Crippen LogP contribution in [-0.4, -0.2) is 34.8 Å². The number of ether oxygens (including phenoxy) is 2. The van der Waals surface area contributed by atoms with Gasteiger partial charge in [0.25, 0.3) is 5.91 Å². The molecule has 1 amide bonds. The number of carbonyl (C=O) groups is 1. The second kappa shape index (κ2) is 10.7. The lowest BCUT2D eigenvalue weighted by Crippen LogP contribution is -2.17. The highest BCUT2D eigenvalue weighted by molar-refractivity contribution is 9.10. The van der Waals surface area contributed by atoms with Gasteiger partial charge in [0.2, 0.25) is 0 Å². The molecule has 0 aromatic heterocycles. The van der Waals surface area contributed by atoms with E-state index in [2.05, 4.69) is 26.5 Å². The normalized spacial score (nSPS) is 11.3. The average molecular weight is 554 g/mol. The second-order valence-corrected chi connectivity index (χ2v) is 9.29. The minimum atomic E-state index is -4.03. The van der Waals surface area contributed by atoms with Crippen molar-refractivity contribution in [3.8, 4) is 17.2 Å². The molecule has 0 spiro atoms. The van der Waals surface area contributed by atoms with Crippen LogP contribution in [0.3, 0.4) is 0 Å². The standard InChI is InChI=1S/C22H18BrClN2O6S/c1-30-20-10-4-15(12-21(20)31-2)22(27)26-25-13-14-3-9-19(18(23)11-14)32-33(28,29)17-7-5-16(24)6-8-17/h3-13H,1-2H3,(H,26,27)/b25-13+. The zero-order chi connectivity index (χ0) is 24.0. The van der Waals surface area contributed by atoms with E-state index in [9.17, 15) is 13.2 Å². The number of hydrazone groups is 1. The summed E-state index contributed by atoms with van der Waals surface area (Å²) in [6, 6.07) is 15.0. The Morgan fingerprint density at radius 3 is 2.27 bits per heavy atom. The van der Waals surface area contributed by atoms with Gasteiger partial charge in [0.15, 0.2) is 17.2 Å². The van der Waals surface area contributed by atoms with Crippen LogP contribution in [0.1, 0.15) is 15.9 Å². The first-order chi connectivity index (χ1) is 15.7. The van der Waals surface area contributed by atoms with Crippen LogP contribution in [0.25, 0.3) is 0 Å². The Hall–Kier alpha value is -3.08. The number of carbonyl (C=O) groups excluding carboxylic acids is 1. The quantitative estimate of drug-likeness (QED) is 0.247. The van der Waals surface area contributed by atoms with Gasteiger partial charge in [0, 0.05) is 10.6 Å². The molecule has 8 nitrogen and oxygen atoms in total. The molecule has 3 aromatic rings. The van der Waals surface area contributed by atoms with Crippen molar-refractivity contribution >= 4 is 49.8 Å². The van der Waals surface area contributed by atoms with E-state index in [1.165, 1.54) is 56.8 Å². The number of halogens is 2. The number of nitrogens with zero attached hydrogens (tertiary/aromatic N) is 1. The molecule has 3 aromatic carbocycles. The van der Waals surface area contributed by atoms with Gasteiger partial charge in [-0.3, -0.25) is 4.79 Å². The first-order valence-corrected chi connectivity index (χ1v) is 11.9. The van der Waals surface area contributed by atoms with Gasteiger partial charge in [0.1, 0.15) is 4.90 Å². The Balaban J connectivity index is 1.67. The summed E-state index contributed by atoms with van der Waals surface area (Å²) in [5.74, 6) is 0.571. The van der Waals surface area contributed by atoms with Crippen molar-refractivity contribution in [3.05, 3.63) is 81.3 Å². The van der Waals surface area contributed by atoms with Gasteiger partial charge in [-0.15, -0.1) is 0 Å². The monoisotopic (exact) mass is 552 g/mol. The number of hydrogen-bond acceptors (Lipinski definition) is 7. The third-order valence-corrected chi connectivity index (χ3v) is 6.40. The Kier molecular flexibility index (Phi) is 7.96. The molecule has 0 radical (unpaired) electrons. The Bertz CT molecular complexity index is 1300. The molecule has 0 saturated heterocycles. The van der Waals surface area contributed by atoms with Crippen LogP contribution in [0.5, 0.6) is 17.2 Å². The largest absolute Gasteiger partial charge is 0.493 e. The van der Waals surface area contributed by atoms with Crippen molar-refractivity contribution in [2.75, 3.05) is 14.2 Å². The summed E-state index contributed by atoms with van der Waals surface area (Å²) in [5, 5.41) is 4.34. The molecular formula is C22H18BrClN2O6S. The molecule has 0 aliphatic rings. The van der Waals surface area contributed by atoms with Crippen molar-refractivity contribution in [1.82, 2.24) is 5.43 Å². The Morgan fingerprint density at radius 1 is 0.970 bits per heavy atom. The fourth-order valence-corrected chi connectivity index (χ4v) is 4.30. The molecule has 1 N–H and O–H groups in total. The molecule has 33 heavy (non-hydrogen) atoms. The molecule has 172 valence electrons. The summed E-state index contributed by atoms with van der Waals surface area (Å²) in [5.41, 5.74) is 3.34. The second-order valence-electron chi connectivity index (χ2n) is 6.45. The average Bonchev–Trinajstić information content (AvgIpc) is 2.80. The predicted octanol–water partition coefficient (Wildman–Crippen LogP) is 4.65. The van der Waals surface area contributed by atoms with E-state index in [-0.39, 0.29) is 10.6 Å². The number of nitrogens with one attached hydrogen (secondary N) is 1. The van der Waals surface area contributed by atoms with Gasteiger partial charge in [-0.1, -0.05) is 11.6 Å². The number of benzene rings is 3. The van der Waals surface area contributed by atoms with E-state index in [4.69, 9.17) is 25.3 Å². The number of rotatable bonds is 8. The lowest BCUT2D eigenvalue weighted by molar-refractivity contribution is 0.0954. The van der Waals surface area contributed by atoms with Crippen LogP contribution in [-0.2, 0) is 10.1 Å². The van der Waals surface area contributed by atoms with Crippen molar-refractivity contribution in [1.29, 1.82) is 0 Å². The van der Waals surface area contributed by atoms with Crippen LogP contribution in [0, 0.1) is 0 Å². The fourth-order valence-electron chi connectivity index (χ4n) is 2.64. The molecular weight excluding hydrogens is 536 g/mol. The number of amides is 1. The summed E-state index contributed by atoms with van der Waals surface area (Å²) in [4.78, 5) is 12.3. The minimum Gasteiger partial charge on any atom is -0.493 e. The molecule has 3 rings (SSSR count). The molecule has 0 atom stereocenters. The summed E-state index contributed by atoms with van der Waals surface area (Å²) < 4.78 is 40.8. The van der Waals surface area contributed by atoms with E-state index >= 15 is 0 Å². The lowest BCUT2D eigenvalue weighted by Gasteiger charge is -2.09. The molecule has 0 aliphatic heterocycles. The van der Waals surface area contributed by atoms with Gasteiger partial charge in [-0.2, -0.15) is 13.5 Å². The maximum atomic E-state index is 12.4. The lowest BCUT2D eigenvalue weighted by atomic mass is 10.2. The zero-order valence-electron chi connectivity index (χ0n) is 17.4. The maximum absolute atomic E-state index is 12.4. The summed E-state index contributed by atoms with van der Waals surface area (Å²) >= 11 is 9.08. The molecule has 0 heterocycles. The van der Waals surface area contributed by atoms with E-state index in [1.54, 1.807) is 24.3 Å². The molecule has 0 bridgehead atoms. The van der Waals surface area contributed by atoms with Crippen LogP contribution < -0.4 is 19.1 Å². The van der Waals surface area contributed by atoms with E-state index < -0.39 is 16.0 Å². The van der Waals surface area contributed by atoms with Crippen LogP contribution in [0.15, 0.2) is 75.1 Å². The summed E-state index contributed by atoms with van der Waals surface area (Å²) in [6.07, 6.45) is 1.40. The molecule has 0 fully saturated rings. The van der Waals surface area contributed by atoms with Gasteiger partial charge in [-0.25, -0.2) is 5.43 Å². The maximum Gasteiger partial charge on any atom is 0.339 e. The minimum absolute atomic E-state index is 0.0256. The van der Waals surface area contributed by atoms with Crippen molar-refractivity contribution < 1.29 is 26.9 Å². The van der Waals surface area contributed by atoms with Crippen molar-refractivity contribution in [2.45, 2.75) is 4.90 Å². The Morgan fingerprint density at radius 2 is 1.64 bits per heavy atom. The Labute approximate surface area is 204 Å². The summed E-state index contributed by atoms with van der Waals surface area (Å²) in [7, 11) is -1.05. The third kappa shape index (κ3) is 6.25. The van der Waals surface area contributed by atoms with Gasteiger partial charge >= 0.3 is 10.1 Å². The van der Waals surface area contributed by atoms with E-state index in [1.807, 2.05) is 0 Å².